The normalized spacial score (nSPS) is 11.3. The molecule has 1 unspecified atom stereocenters. The Labute approximate surface area is 185 Å². The van der Waals surface area contributed by atoms with E-state index in [1.165, 1.54) is 0 Å². The summed E-state index contributed by atoms with van der Waals surface area (Å²) < 4.78 is 5.09. The molecule has 0 aliphatic heterocycles. The molecule has 0 aliphatic carbocycles. The summed E-state index contributed by atoms with van der Waals surface area (Å²) in [7, 11) is 0. The van der Waals surface area contributed by atoms with Crippen molar-refractivity contribution in [3.63, 3.8) is 0 Å². The summed E-state index contributed by atoms with van der Waals surface area (Å²) in [6.07, 6.45) is -2.82. The van der Waals surface area contributed by atoms with Gasteiger partial charge in [0.05, 0.1) is 6.42 Å². The number of carboxylic acids is 1. The third-order valence-electron chi connectivity index (χ3n) is 4.39. The fourth-order valence-corrected chi connectivity index (χ4v) is 2.75. The molecule has 0 saturated carbocycles. The van der Waals surface area contributed by atoms with E-state index in [1.807, 2.05) is 37.3 Å². The van der Waals surface area contributed by atoms with Crippen LogP contribution in [0.25, 0.3) is 0 Å². The number of nitrogens with one attached hydrogen (secondary N) is 1. The van der Waals surface area contributed by atoms with Gasteiger partial charge < -0.3 is 9.84 Å². The van der Waals surface area contributed by atoms with Gasteiger partial charge in [-0.1, -0.05) is 60.2 Å². The summed E-state index contributed by atoms with van der Waals surface area (Å²) in [4.78, 5) is 53.0. The van der Waals surface area contributed by atoms with Crippen LogP contribution in [0.15, 0.2) is 54.6 Å². The summed E-state index contributed by atoms with van der Waals surface area (Å²) in [5, 5.41) is 9.49. The van der Waals surface area contributed by atoms with Crippen LogP contribution in [-0.2, 0) is 37.0 Å². The number of hydrogen-bond acceptors (Lipinski definition) is 6. The number of ketones is 1. The van der Waals surface area contributed by atoms with Crippen LogP contribution in [0.2, 0.25) is 0 Å². The van der Waals surface area contributed by atoms with Crippen LogP contribution in [0.1, 0.15) is 36.5 Å². The predicted molar refractivity (Wildman–Crippen MR) is 114 cm³/mol. The average Bonchev–Trinajstić information content (AvgIpc) is 2.75. The summed E-state index contributed by atoms with van der Waals surface area (Å²) in [5.74, 6) is -2.56. The molecule has 2 aromatic carbocycles. The maximum atomic E-state index is 12.7. The minimum absolute atomic E-state index is 0.0523. The molecule has 0 aliphatic rings. The Hall–Kier alpha value is -3.72. The molecule has 0 aromatic heterocycles. The lowest BCUT2D eigenvalue weighted by Gasteiger charge is -2.25. The van der Waals surface area contributed by atoms with Gasteiger partial charge in [0.15, 0.2) is 11.9 Å². The first kappa shape index (κ1) is 24.5. The van der Waals surface area contributed by atoms with Crippen molar-refractivity contribution in [3.05, 3.63) is 71.3 Å². The van der Waals surface area contributed by atoms with Crippen molar-refractivity contribution >= 4 is 23.8 Å². The zero-order valence-electron chi connectivity index (χ0n) is 17.9. The molecule has 2 amide bonds. The van der Waals surface area contributed by atoms with Crippen LogP contribution in [0.5, 0.6) is 0 Å². The number of hydrazine groups is 1. The second-order valence-corrected chi connectivity index (χ2v) is 7.15. The van der Waals surface area contributed by atoms with E-state index in [9.17, 15) is 19.2 Å². The Balaban J connectivity index is 2.06. The molecule has 170 valence electrons. The number of aliphatic carboxylic acids is 1. The Kier molecular flexibility index (Phi) is 9.37. The molecule has 2 rings (SSSR count). The van der Waals surface area contributed by atoms with Crippen LogP contribution >= 0.6 is 0 Å². The summed E-state index contributed by atoms with van der Waals surface area (Å²) >= 11 is 0. The molecule has 0 fully saturated rings. The molecule has 0 saturated heterocycles. The fourth-order valence-electron chi connectivity index (χ4n) is 2.75. The van der Waals surface area contributed by atoms with Gasteiger partial charge in [-0.05, 0) is 31.4 Å². The van der Waals surface area contributed by atoms with E-state index < -0.39 is 36.3 Å². The highest BCUT2D eigenvalue weighted by Gasteiger charge is 2.27. The van der Waals surface area contributed by atoms with E-state index in [0.717, 1.165) is 23.6 Å². The van der Waals surface area contributed by atoms with Crippen LogP contribution in [0.4, 0.5) is 4.79 Å². The van der Waals surface area contributed by atoms with Crippen molar-refractivity contribution < 1.29 is 33.9 Å². The first-order valence-electron chi connectivity index (χ1n) is 9.99. The molecule has 1 atom stereocenters. The van der Waals surface area contributed by atoms with Gasteiger partial charge in [-0.2, -0.15) is 0 Å². The number of hydroxylamine groups is 1. The fraction of sp³-hybridized carbons (Fsp3) is 0.304. The van der Waals surface area contributed by atoms with Crippen molar-refractivity contribution in [1.29, 1.82) is 0 Å². The highest BCUT2D eigenvalue weighted by molar-refractivity contribution is 5.85. The molecular weight excluding hydrogens is 416 g/mol. The number of nitrogens with zero attached hydrogens (tertiary/aromatic N) is 1. The number of carboxylic acid groups (broad SMARTS) is 1. The molecule has 9 nitrogen and oxygen atoms in total. The highest BCUT2D eigenvalue weighted by atomic mass is 16.7. The number of hydrogen-bond donors (Lipinski definition) is 2. The second kappa shape index (κ2) is 12.2. The smallest absolute Gasteiger partial charge is 0.428 e. The molecule has 2 aromatic rings. The number of benzene rings is 2. The minimum atomic E-state index is -1.45. The van der Waals surface area contributed by atoms with E-state index in [2.05, 4.69) is 5.43 Å². The van der Waals surface area contributed by atoms with Crippen LogP contribution in [-0.4, -0.2) is 40.1 Å². The number of aryl methyl sites for hydroxylation is 2. The van der Waals surface area contributed by atoms with Gasteiger partial charge in [0, 0.05) is 6.42 Å². The van der Waals surface area contributed by atoms with E-state index in [4.69, 9.17) is 14.7 Å². The van der Waals surface area contributed by atoms with E-state index in [-0.39, 0.29) is 13.0 Å². The second-order valence-electron chi connectivity index (χ2n) is 7.15. The molecule has 32 heavy (non-hydrogen) atoms. The molecule has 0 spiro atoms. The van der Waals surface area contributed by atoms with E-state index >= 15 is 0 Å². The van der Waals surface area contributed by atoms with Crippen LogP contribution < -0.4 is 5.43 Å². The van der Waals surface area contributed by atoms with Crippen molar-refractivity contribution in [2.24, 2.45) is 0 Å². The van der Waals surface area contributed by atoms with Gasteiger partial charge in [0.2, 0.25) is 0 Å². The lowest BCUT2D eigenvalue weighted by atomic mass is 10.1. The van der Waals surface area contributed by atoms with Crippen LogP contribution in [0, 0.1) is 6.92 Å². The lowest BCUT2D eigenvalue weighted by Crippen LogP contribution is -2.49. The first-order chi connectivity index (χ1) is 15.2. The summed E-state index contributed by atoms with van der Waals surface area (Å²) in [5.41, 5.74) is 4.81. The van der Waals surface area contributed by atoms with Gasteiger partial charge >= 0.3 is 12.1 Å². The standard InChI is InChI=1S/C23H26N2O7/c1-16-7-6-10-18(13-16)11-12-21(27)25(32-20(17(2)26)14-22(28)29)24-23(30)31-15-19-8-4-3-5-9-19/h3-10,13,20H,11-12,14-15H2,1-2H3,(H,24,30)(H,28,29). The number of carbonyl (C=O) groups is 4. The zero-order valence-corrected chi connectivity index (χ0v) is 17.9. The van der Waals surface area contributed by atoms with Gasteiger partial charge in [-0.25, -0.2) is 15.1 Å². The maximum Gasteiger partial charge on any atom is 0.428 e. The molecule has 0 radical (unpaired) electrons. The number of carbonyl (C=O) groups excluding carboxylic acids is 3. The maximum absolute atomic E-state index is 12.7. The monoisotopic (exact) mass is 442 g/mol. The Morgan fingerprint density at radius 3 is 2.34 bits per heavy atom. The molecule has 2 N–H and O–H groups in total. The predicted octanol–water partition coefficient (Wildman–Crippen LogP) is 2.96. The largest absolute Gasteiger partial charge is 0.481 e. The van der Waals surface area contributed by atoms with Crippen molar-refractivity contribution in [3.8, 4) is 0 Å². The zero-order chi connectivity index (χ0) is 23.5. The van der Waals surface area contributed by atoms with Gasteiger partial charge in [0.1, 0.15) is 6.61 Å². The number of Topliss-reactive ketones (excluding diaryl/α,β-unsaturated/α-hetero) is 1. The molecule has 0 heterocycles. The molecule has 0 bridgehead atoms. The Morgan fingerprint density at radius 1 is 1.03 bits per heavy atom. The average molecular weight is 442 g/mol. The highest BCUT2D eigenvalue weighted by Crippen LogP contribution is 2.10. The molecule has 9 heteroatoms. The van der Waals surface area contributed by atoms with Crippen LogP contribution in [0.3, 0.4) is 0 Å². The lowest BCUT2D eigenvalue weighted by molar-refractivity contribution is -0.223. The van der Waals surface area contributed by atoms with E-state index in [1.54, 1.807) is 24.3 Å². The van der Waals surface area contributed by atoms with Gasteiger partial charge in [-0.3, -0.25) is 14.4 Å². The Morgan fingerprint density at radius 2 is 1.72 bits per heavy atom. The first-order valence-corrected chi connectivity index (χ1v) is 9.99. The topological polar surface area (TPSA) is 122 Å². The molecular formula is C23H26N2O7. The Bertz CT molecular complexity index is 946. The number of amides is 2. The van der Waals surface area contributed by atoms with Crippen molar-refractivity contribution in [2.75, 3.05) is 0 Å². The van der Waals surface area contributed by atoms with Crippen molar-refractivity contribution in [2.45, 2.75) is 45.8 Å². The third-order valence-corrected chi connectivity index (χ3v) is 4.39. The quantitative estimate of drug-likeness (QED) is 0.543. The van der Waals surface area contributed by atoms with Gasteiger partial charge in [-0.15, -0.1) is 5.17 Å². The summed E-state index contributed by atoms with van der Waals surface area (Å²) in [6.45, 7) is 3.01. The van der Waals surface area contributed by atoms with E-state index in [0.29, 0.717) is 11.6 Å². The SMILES string of the molecule is CC(=O)C(CC(=O)O)ON(NC(=O)OCc1ccccc1)C(=O)CCc1cccc(C)c1. The van der Waals surface area contributed by atoms with Gasteiger partial charge in [0.25, 0.3) is 5.91 Å². The number of ether oxygens (including phenoxy) is 1. The number of rotatable bonds is 10. The van der Waals surface area contributed by atoms with Crippen molar-refractivity contribution in [1.82, 2.24) is 10.6 Å². The third kappa shape index (κ3) is 8.57. The minimum Gasteiger partial charge on any atom is -0.481 e. The summed E-state index contributed by atoms with van der Waals surface area (Å²) in [6, 6.07) is 16.5.